The SMILES string of the molecule is NC(=S)CCOc1ccc(Cl)c(F)c1. The molecule has 76 valence electrons. The summed E-state index contributed by atoms with van der Waals surface area (Å²) in [5.41, 5.74) is 5.27. The van der Waals surface area contributed by atoms with Gasteiger partial charge < -0.3 is 10.5 Å². The number of thiocarbonyl (C=S) groups is 1. The third kappa shape index (κ3) is 3.47. The van der Waals surface area contributed by atoms with Crippen LogP contribution in [0, 0.1) is 5.82 Å². The van der Waals surface area contributed by atoms with Crippen LogP contribution in [0.3, 0.4) is 0 Å². The fourth-order valence-corrected chi connectivity index (χ4v) is 1.04. The molecule has 0 bridgehead atoms. The molecule has 14 heavy (non-hydrogen) atoms. The van der Waals surface area contributed by atoms with E-state index in [0.29, 0.717) is 23.8 Å². The van der Waals surface area contributed by atoms with Gasteiger partial charge in [0.25, 0.3) is 0 Å². The van der Waals surface area contributed by atoms with E-state index in [4.69, 9.17) is 22.1 Å². The lowest BCUT2D eigenvalue weighted by molar-refractivity contribution is 0.327. The maximum atomic E-state index is 12.9. The number of hydrogen-bond acceptors (Lipinski definition) is 2. The maximum absolute atomic E-state index is 12.9. The van der Waals surface area contributed by atoms with Gasteiger partial charge in [-0.2, -0.15) is 0 Å². The van der Waals surface area contributed by atoms with E-state index in [1.807, 2.05) is 0 Å². The second-order valence-electron chi connectivity index (χ2n) is 2.64. The molecule has 5 heteroatoms. The summed E-state index contributed by atoms with van der Waals surface area (Å²) in [6.45, 7) is 0.344. The van der Waals surface area contributed by atoms with Crippen LogP contribution >= 0.6 is 23.8 Å². The topological polar surface area (TPSA) is 35.2 Å². The first kappa shape index (κ1) is 11.2. The molecule has 1 aromatic carbocycles. The molecule has 0 aliphatic carbocycles. The van der Waals surface area contributed by atoms with Gasteiger partial charge in [0.2, 0.25) is 0 Å². The van der Waals surface area contributed by atoms with Crippen LogP contribution in [-0.2, 0) is 0 Å². The fourth-order valence-electron chi connectivity index (χ4n) is 0.836. The molecule has 0 radical (unpaired) electrons. The van der Waals surface area contributed by atoms with E-state index in [0.717, 1.165) is 0 Å². The number of ether oxygens (including phenoxy) is 1. The van der Waals surface area contributed by atoms with Gasteiger partial charge in [0.1, 0.15) is 11.6 Å². The third-order valence-corrected chi connectivity index (χ3v) is 2.02. The summed E-state index contributed by atoms with van der Waals surface area (Å²) >= 11 is 10.2. The third-order valence-electron chi connectivity index (χ3n) is 1.51. The van der Waals surface area contributed by atoms with Crippen molar-refractivity contribution >= 4 is 28.8 Å². The van der Waals surface area contributed by atoms with Gasteiger partial charge in [-0.05, 0) is 12.1 Å². The minimum Gasteiger partial charge on any atom is -0.493 e. The summed E-state index contributed by atoms with van der Waals surface area (Å²) in [6, 6.07) is 4.25. The van der Waals surface area contributed by atoms with E-state index >= 15 is 0 Å². The van der Waals surface area contributed by atoms with E-state index in [9.17, 15) is 4.39 Å². The predicted octanol–water partition coefficient (Wildman–Crippen LogP) is 2.53. The number of nitrogens with two attached hydrogens (primary N) is 1. The average molecular weight is 234 g/mol. The predicted molar refractivity (Wildman–Crippen MR) is 58.3 cm³/mol. The van der Waals surface area contributed by atoms with E-state index in [2.05, 4.69) is 12.2 Å². The fraction of sp³-hybridized carbons (Fsp3) is 0.222. The van der Waals surface area contributed by atoms with Crippen LogP contribution in [0.5, 0.6) is 5.75 Å². The Morgan fingerprint density at radius 3 is 2.86 bits per heavy atom. The van der Waals surface area contributed by atoms with Gasteiger partial charge in [-0.15, -0.1) is 0 Å². The van der Waals surface area contributed by atoms with Crippen molar-refractivity contribution in [2.75, 3.05) is 6.61 Å². The molecule has 0 aromatic heterocycles. The van der Waals surface area contributed by atoms with Crippen LogP contribution in [0.2, 0.25) is 5.02 Å². The smallest absolute Gasteiger partial charge is 0.145 e. The molecular formula is C9H9ClFNOS. The van der Waals surface area contributed by atoms with Crippen LogP contribution in [-0.4, -0.2) is 11.6 Å². The molecule has 0 aliphatic rings. The molecule has 0 unspecified atom stereocenters. The van der Waals surface area contributed by atoms with Crippen molar-refractivity contribution in [1.82, 2.24) is 0 Å². The summed E-state index contributed by atoms with van der Waals surface area (Å²) < 4.78 is 18.1. The molecule has 0 spiro atoms. The average Bonchev–Trinajstić information content (AvgIpc) is 2.10. The van der Waals surface area contributed by atoms with Crippen LogP contribution in [0.1, 0.15) is 6.42 Å². The Morgan fingerprint density at radius 1 is 1.57 bits per heavy atom. The van der Waals surface area contributed by atoms with Gasteiger partial charge in [-0.1, -0.05) is 23.8 Å². The molecule has 0 atom stereocenters. The van der Waals surface area contributed by atoms with E-state index in [-0.39, 0.29) is 5.02 Å². The zero-order valence-corrected chi connectivity index (χ0v) is 8.87. The van der Waals surface area contributed by atoms with E-state index < -0.39 is 5.82 Å². The number of rotatable bonds is 4. The van der Waals surface area contributed by atoms with Crippen LogP contribution in [0.25, 0.3) is 0 Å². The monoisotopic (exact) mass is 233 g/mol. The van der Waals surface area contributed by atoms with Crippen molar-refractivity contribution in [3.8, 4) is 5.75 Å². The van der Waals surface area contributed by atoms with Gasteiger partial charge in [0.15, 0.2) is 0 Å². The molecule has 2 N–H and O–H groups in total. The van der Waals surface area contributed by atoms with Crippen molar-refractivity contribution in [2.45, 2.75) is 6.42 Å². The highest BCUT2D eigenvalue weighted by Crippen LogP contribution is 2.20. The number of benzene rings is 1. The molecule has 0 fully saturated rings. The normalized spacial score (nSPS) is 9.86. The Hall–Kier alpha value is -0.870. The van der Waals surface area contributed by atoms with Crippen molar-refractivity contribution < 1.29 is 9.13 Å². The molecule has 2 nitrogen and oxygen atoms in total. The second-order valence-corrected chi connectivity index (χ2v) is 3.57. The quantitative estimate of drug-likeness (QED) is 0.812. The molecule has 1 rings (SSSR count). The van der Waals surface area contributed by atoms with Gasteiger partial charge in [-0.25, -0.2) is 4.39 Å². The lowest BCUT2D eigenvalue weighted by atomic mass is 10.3. The zero-order chi connectivity index (χ0) is 10.6. The van der Waals surface area contributed by atoms with Crippen molar-refractivity contribution in [1.29, 1.82) is 0 Å². The number of hydrogen-bond donors (Lipinski definition) is 1. The van der Waals surface area contributed by atoms with Gasteiger partial charge >= 0.3 is 0 Å². The van der Waals surface area contributed by atoms with Crippen LogP contribution in [0.15, 0.2) is 18.2 Å². The zero-order valence-electron chi connectivity index (χ0n) is 7.30. The van der Waals surface area contributed by atoms with Gasteiger partial charge in [-0.3, -0.25) is 0 Å². The molecule has 0 saturated heterocycles. The molecule has 0 amide bonds. The van der Waals surface area contributed by atoms with Crippen molar-refractivity contribution in [3.05, 3.63) is 29.0 Å². The summed E-state index contributed by atoms with van der Waals surface area (Å²) in [4.78, 5) is 0.374. The summed E-state index contributed by atoms with van der Waals surface area (Å²) in [5, 5.41) is 0.0756. The summed E-state index contributed by atoms with van der Waals surface area (Å²) in [6.07, 6.45) is 0.472. The Labute approximate surface area is 91.8 Å². The standard InChI is InChI=1S/C9H9ClFNOS/c10-7-2-1-6(5-8(7)11)13-4-3-9(12)14/h1-2,5H,3-4H2,(H2,12,14). The lowest BCUT2D eigenvalue weighted by Crippen LogP contribution is -2.12. The Kier molecular flexibility index (Phi) is 4.10. The van der Waals surface area contributed by atoms with Gasteiger partial charge in [0.05, 0.1) is 16.6 Å². The first-order valence-electron chi connectivity index (χ1n) is 3.96. The minimum absolute atomic E-state index is 0.0756. The van der Waals surface area contributed by atoms with Crippen LogP contribution in [0.4, 0.5) is 4.39 Å². The highest BCUT2D eigenvalue weighted by atomic mass is 35.5. The molecule has 0 saturated carbocycles. The largest absolute Gasteiger partial charge is 0.493 e. The molecule has 0 heterocycles. The molecule has 1 aromatic rings. The van der Waals surface area contributed by atoms with Crippen molar-refractivity contribution in [2.24, 2.45) is 5.73 Å². The number of halogens is 2. The first-order chi connectivity index (χ1) is 6.59. The summed E-state index contributed by atoms with van der Waals surface area (Å²) in [7, 11) is 0. The summed E-state index contributed by atoms with van der Waals surface area (Å²) in [5.74, 6) is -0.0809. The van der Waals surface area contributed by atoms with Crippen molar-refractivity contribution in [3.63, 3.8) is 0 Å². The van der Waals surface area contributed by atoms with E-state index in [1.165, 1.54) is 12.1 Å². The second kappa shape index (κ2) is 5.12. The van der Waals surface area contributed by atoms with E-state index in [1.54, 1.807) is 6.07 Å². The minimum atomic E-state index is -0.500. The molecule has 0 aliphatic heterocycles. The van der Waals surface area contributed by atoms with Gasteiger partial charge in [0, 0.05) is 12.5 Å². The first-order valence-corrected chi connectivity index (χ1v) is 4.74. The molecular weight excluding hydrogens is 225 g/mol. The Bertz CT molecular complexity index is 346. The Balaban J connectivity index is 2.51. The van der Waals surface area contributed by atoms with Crippen LogP contribution < -0.4 is 10.5 Å². The lowest BCUT2D eigenvalue weighted by Gasteiger charge is -2.05. The highest BCUT2D eigenvalue weighted by molar-refractivity contribution is 7.80. The Morgan fingerprint density at radius 2 is 2.29 bits per heavy atom. The maximum Gasteiger partial charge on any atom is 0.145 e. The highest BCUT2D eigenvalue weighted by Gasteiger charge is 2.01.